The van der Waals surface area contributed by atoms with Crippen molar-refractivity contribution >= 4 is 21.6 Å². The number of rotatable bonds is 6. The minimum atomic E-state index is -0.0892. The van der Waals surface area contributed by atoms with Gasteiger partial charge in [0.2, 0.25) is 0 Å². The highest BCUT2D eigenvalue weighted by Gasteiger charge is 2.12. The van der Waals surface area contributed by atoms with Crippen molar-refractivity contribution in [2.75, 3.05) is 20.3 Å². The third kappa shape index (κ3) is 3.09. The molecule has 0 aliphatic rings. The van der Waals surface area contributed by atoms with E-state index in [0.717, 1.165) is 22.5 Å². The molecule has 2 heterocycles. The normalized spacial score (nSPS) is 11.1. The standard InChI is InChI=1S/C16H17N3O2S/c1-21-8-7-17-9-13-18-15(20)14-12(10-22-16(14)19-13)11-5-3-2-4-6-11/h2-6,10,17H,7-9H2,1H3,(H,18,19,20). The second-order valence-corrected chi connectivity index (χ2v) is 5.74. The Labute approximate surface area is 132 Å². The summed E-state index contributed by atoms with van der Waals surface area (Å²) in [5, 5.41) is 5.83. The summed E-state index contributed by atoms with van der Waals surface area (Å²) in [6.07, 6.45) is 0. The molecule has 114 valence electrons. The van der Waals surface area contributed by atoms with Crippen LogP contribution < -0.4 is 10.9 Å². The van der Waals surface area contributed by atoms with E-state index >= 15 is 0 Å². The monoisotopic (exact) mass is 315 g/mol. The molecule has 3 rings (SSSR count). The lowest BCUT2D eigenvalue weighted by Gasteiger charge is -2.04. The fourth-order valence-electron chi connectivity index (χ4n) is 2.29. The molecule has 0 radical (unpaired) electrons. The number of thiophene rings is 1. The minimum Gasteiger partial charge on any atom is -0.383 e. The van der Waals surface area contributed by atoms with Gasteiger partial charge in [-0.1, -0.05) is 30.3 Å². The van der Waals surface area contributed by atoms with Gasteiger partial charge in [0.25, 0.3) is 5.56 Å². The van der Waals surface area contributed by atoms with E-state index in [2.05, 4.69) is 15.3 Å². The minimum absolute atomic E-state index is 0.0892. The number of aromatic amines is 1. The first-order chi connectivity index (χ1) is 10.8. The number of hydrogen-bond donors (Lipinski definition) is 2. The van der Waals surface area contributed by atoms with E-state index in [0.29, 0.717) is 24.4 Å². The number of fused-ring (bicyclic) bond motifs is 1. The maximum absolute atomic E-state index is 12.4. The maximum Gasteiger partial charge on any atom is 0.260 e. The summed E-state index contributed by atoms with van der Waals surface area (Å²) in [6, 6.07) is 9.90. The van der Waals surface area contributed by atoms with Crippen molar-refractivity contribution in [3.05, 3.63) is 51.9 Å². The van der Waals surface area contributed by atoms with Gasteiger partial charge < -0.3 is 15.0 Å². The van der Waals surface area contributed by atoms with Crippen molar-refractivity contribution in [1.29, 1.82) is 0 Å². The number of hydrogen-bond acceptors (Lipinski definition) is 5. The number of nitrogens with one attached hydrogen (secondary N) is 2. The lowest BCUT2D eigenvalue weighted by atomic mass is 10.1. The quantitative estimate of drug-likeness (QED) is 0.685. The van der Waals surface area contributed by atoms with Gasteiger partial charge in [0.05, 0.1) is 18.5 Å². The number of benzene rings is 1. The lowest BCUT2D eigenvalue weighted by Crippen LogP contribution is -2.22. The molecule has 6 heteroatoms. The maximum atomic E-state index is 12.4. The van der Waals surface area contributed by atoms with Crippen LogP contribution in [0.25, 0.3) is 21.3 Å². The van der Waals surface area contributed by atoms with Crippen LogP contribution in [0.5, 0.6) is 0 Å². The molecular formula is C16H17N3O2S. The number of methoxy groups -OCH3 is 1. The van der Waals surface area contributed by atoms with E-state index < -0.39 is 0 Å². The topological polar surface area (TPSA) is 67.0 Å². The Balaban J connectivity index is 1.92. The summed E-state index contributed by atoms with van der Waals surface area (Å²) < 4.78 is 4.97. The van der Waals surface area contributed by atoms with Crippen molar-refractivity contribution in [1.82, 2.24) is 15.3 Å². The van der Waals surface area contributed by atoms with E-state index in [-0.39, 0.29) is 5.56 Å². The predicted octanol–water partition coefficient (Wildman–Crippen LogP) is 2.39. The zero-order valence-corrected chi connectivity index (χ0v) is 13.1. The SMILES string of the molecule is COCCNCc1nc2scc(-c3ccccc3)c2c(=O)[nH]1. The molecule has 0 aliphatic heterocycles. The smallest absolute Gasteiger partial charge is 0.260 e. The molecular weight excluding hydrogens is 298 g/mol. The highest BCUT2D eigenvalue weighted by Crippen LogP contribution is 2.30. The molecule has 2 aromatic heterocycles. The van der Waals surface area contributed by atoms with Gasteiger partial charge in [-0.3, -0.25) is 4.79 Å². The van der Waals surface area contributed by atoms with E-state index in [4.69, 9.17) is 4.74 Å². The van der Waals surface area contributed by atoms with Gasteiger partial charge in [-0.05, 0) is 5.56 Å². The van der Waals surface area contributed by atoms with Crippen LogP contribution in [0.4, 0.5) is 0 Å². The number of aromatic nitrogens is 2. The van der Waals surface area contributed by atoms with Gasteiger partial charge >= 0.3 is 0 Å². The summed E-state index contributed by atoms with van der Waals surface area (Å²) >= 11 is 1.50. The molecule has 3 aromatic rings. The van der Waals surface area contributed by atoms with E-state index in [1.54, 1.807) is 7.11 Å². The first-order valence-corrected chi connectivity index (χ1v) is 7.93. The van der Waals surface area contributed by atoms with Gasteiger partial charge in [0, 0.05) is 24.6 Å². The molecule has 0 atom stereocenters. The van der Waals surface area contributed by atoms with Crippen molar-refractivity contribution in [2.24, 2.45) is 0 Å². The van der Waals surface area contributed by atoms with Gasteiger partial charge in [-0.25, -0.2) is 4.98 Å². The fraction of sp³-hybridized carbons (Fsp3) is 0.250. The van der Waals surface area contributed by atoms with Crippen LogP contribution >= 0.6 is 11.3 Å². The van der Waals surface area contributed by atoms with E-state index in [1.807, 2.05) is 35.7 Å². The molecule has 0 unspecified atom stereocenters. The zero-order chi connectivity index (χ0) is 15.4. The van der Waals surface area contributed by atoms with Crippen molar-refractivity contribution in [3.8, 4) is 11.1 Å². The molecule has 0 aliphatic carbocycles. The molecule has 22 heavy (non-hydrogen) atoms. The Hall–Kier alpha value is -2.02. The number of H-pyrrole nitrogens is 1. The summed E-state index contributed by atoms with van der Waals surface area (Å²) in [5.74, 6) is 0.648. The zero-order valence-electron chi connectivity index (χ0n) is 12.3. The summed E-state index contributed by atoms with van der Waals surface area (Å²) in [5.41, 5.74) is 1.88. The first-order valence-electron chi connectivity index (χ1n) is 7.05. The second-order valence-electron chi connectivity index (χ2n) is 4.88. The molecule has 5 nitrogen and oxygen atoms in total. The average molecular weight is 315 g/mol. The highest BCUT2D eigenvalue weighted by atomic mass is 32.1. The molecule has 0 bridgehead atoms. The Morgan fingerprint density at radius 1 is 1.32 bits per heavy atom. The van der Waals surface area contributed by atoms with Gasteiger partial charge in [0.1, 0.15) is 10.7 Å². The summed E-state index contributed by atoms with van der Waals surface area (Å²) in [6.45, 7) is 1.87. The Kier molecular flexibility index (Phi) is 4.62. The van der Waals surface area contributed by atoms with Crippen LogP contribution in [-0.4, -0.2) is 30.2 Å². The molecule has 2 N–H and O–H groups in total. The van der Waals surface area contributed by atoms with Gasteiger partial charge in [0.15, 0.2) is 0 Å². The van der Waals surface area contributed by atoms with Crippen molar-refractivity contribution in [2.45, 2.75) is 6.54 Å². The van der Waals surface area contributed by atoms with Gasteiger partial charge in [-0.2, -0.15) is 0 Å². The van der Waals surface area contributed by atoms with Crippen molar-refractivity contribution in [3.63, 3.8) is 0 Å². The molecule has 0 spiro atoms. The van der Waals surface area contributed by atoms with Crippen LogP contribution in [0.3, 0.4) is 0 Å². The largest absolute Gasteiger partial charge is 0.383 e. The van der Waals surface area contributed by atoms with Crippen LogP contribution in [-0.2, 0) is 11.3 Å². The van der Waals surface area contributed by atoms with Crippen LogP contribution in [0, 0.1) is 0 Å². The summed E-state index contributed by atoms with van der Waals surface area (Å²) in [7, 11) is 1.66. The third-order valence-electron chi connectivity index (χ3n) is 3.35. The molecule has 0 saturated carbocycles. The Morgan fingerprint density at radius 3 is 2.91 bits per heavy atom. The van der Waals surface area contributed by atoms with Crippen LogP contribution in [0.15, 0.2) is 40.5 Å². The second kappa shape index (κ2) is 6.83. The fourth-order valence-corrected chi connectivity index (χ4v) is 3.26. The molecule has 1 aromatic carbocycles. The van der Waals surface area contributed by atoms with E-state index in [1.165, 1.54) is 11.3 Å². The van der Waals surface area contributed by atoms with E-state index in [9.17, 15) is 4.79 Å². The number of nitrogens with zero attached hydrogens (tertiary/aromatic N) is 1. The van der Waals surface area contributed by atoms with Crippen molar-refractivity contribution < 1.29 is 4.74 Å². The first kappa shape index (κ1) is 14.9. The molecule has 0 fully saturated rings. The van der Waals surface area contributed by atoms with Gasteiger partial charge in [-0.15, -0.1) is 11.3 Å². The lowest BCUT2D eigenvalue weighted by molar-refractivity contribution is 0.199. The molecule has 0 amide bonds. The third-order valence-corrected chi connectivity index (χ3v) is 4.23. The predicted molar refractivity (Wildman–Crippen MR) is 89.3 cm³/mol. The Morgan fingerprint density at radius 2 is 2.14 bits per heavy atom. The molecule has 0 saturated heterocycles. The Bertz CT molecular complexity index is 811. The van der Waals surface area contributed by atoms with Crippen LogP contribution in [0.1, 0.15) is 5.82 Å². The summed E-state index contributed by atoms with van der Waals surface area (Å²) in [4.78, 5) is 20.6. The average Bonchev–Trinajstić information content (AvgIpc) is 2.97. The van der Waals surface area contributed by atoms with Crippen LogP contribution in [0.2, 0.25) is 0 Å². The highest BCUT2D eigenvalue weighted by molar-refractivity contribution is 7.17. The number of ether oxygens (including phenoxy) is 1.